The zero-order chi connectivity index (χ0) is 16.8. The standard InChI is InChI=1S/C15H13F4N3O/c1-8(23)22-5-4-13-10(7-22)14(21-20-13)9-2-3-12(16)11(6-9)15(17,18)19/h2-3,6H,4-5,7H2,1H3,(H,20,21). The van der Waals surface area contributed by atoms with Crippen LogP contribution in [0.25, 0.3) is 11.3 Å². The van der Waals surface area contributed by atoms with Gasteiger partial charge in [0.1, 0.15) is 5.82 Å². The number of fused-ring (bicyclic) bond motifs is 1. The van der Waals surface area contributed by atoms with Crippen LogP contribution in [0.4, 0.5) is 17.6 Å². The molecule has 122 valence electrons. The summed E-state index contributed by atoms with van der Waals surface area (Å²) in [5, 5.41) is 6.86. The minimum atomic E-state index is -4.78. The molecular weight excluding hydrogens is 314 g/mol. The van der Waals surface area contributed by atoms with Crippen LogP contribution in [0.2, 0.25) is 0 Å². The fourth-order valence-electron chi connectivity index (χ4n) is 2.69. The van der Waals surface area contributed by atoms with E-state index in [1.165, 1.54) is 13.0 Å². The number of H-pyrrole nitrogens is 1. The van der Waals surface area contributed by atoms with Crippen LogP contribution < -0.4 is 0 Å². The third kappa shape index (κ3) is 2.80. The second-order valence-electron chi connectivity index (χ2n) is 5.41. The Balaban J connectivity index is 2.05. The van der Waals surface area contributed by atoms with Crippen molar-refractivity contribution in [1.29, 1.82) is 0 Å². The zero-order valence-electron chi connectivity index (χ0n) is 12.2. The first-order valence-electron chi connectivity index (χ1n) is 6.96. The van der Waals surface area contributed by atoms with Gasteiger partial charge >= 0.3 is 6.18 Å². The number of halogens is 4. The molecule has 4 nitrogen and oxygen atoms in total. The van der Waals surface area contributed by atoms with Gasteiger partial charge in [-0.1, -0.05) is 0 Å². The molecule has 0 fully saturated rings. The first-order valence-corrected chi connectivity index (χ1v) is 6.96. The Hall–Kier alpha value is -2.38. The number of aromatic amines is 1. The van der Waals surface area contributed by atoms with E-state index in [9.17, 15) is 22.4 Å². The molecule has 0 saturated carbocycles. The molecule has 0 radical (unpaired) electrons. The predicted molar refractivity (Wildman–Crippen MR) is 73.8 cm³/mol. The van der Waals surface area contributed by atoms with Gasteiger partial charge in [-0.05, 0) is 18.2 Å². The van der Waals surface area contributed by atoms with E-state index in [0.29, 0.717) is 24.2 Å². The fraction of sp³-hybridized carbons (Fsp3) is 0.333. The van der Waals surface area contributed by atoms with E-state index in [-0.39, 0.29) is 18.0 Å². The van der Waals surface area contributed by atoms with Crippen LogP contribution in [-0.4, -0.2) is 27.5 Å². The molecule has 1 aromatic heterocycles. The van der Waals surface area contributed by atoms with Crippen molar-refractivity contribution in [1.82, 2.24) is 15.1 Å². The number of aromatic nitrogens is 2. The number of hydrogen-bond acceptors (Lipinski definition) is 2. The number of nitrogens with zero attached hydrogens (tertiary/aromatic N) is 2. The number of alkyl halides is 3. The predicted octanol–water partition coefficient (Wildman–Crippen LogP) is 3.14. The summed E-state index contributed by atoms with van der Waals surface area (Å²) in [6.07, 6.45) is -4.23. The smallest absolute Gasteiger partial charge is 0.338 e. The monoisotopic (exact) mass is 327 g/mol. The molecule has 0 unspecified atom stereocenters. The molecule has 0 atom stereocenters. The third-order valence-electron chi connectivity index (χ3n) is 3.92. The van der Waals surface area contributed by atoms with Crippen molar-refractivity contribution in [2.24, 2.45) is 0 Å². The molecule has 3 rings (SSSR count). The topological polar surface area (TPSA) is 49.0 Å². The van der Waals surface area contributed by atoms with E-state index < -0.39 is 17.6 Å². The normalized spacial score (nSPS) is 14.7. The van der Waals surface area contributed by atoms with Gasteiger partial charge in [0.2, 0.25) is 5.91 Å². The molecule has 0 aliphatic carbocycles. The highest BCUT2D eigenvalue weighted by Gasteiger charge is 2.35. The molecule has 8 heteroatoms. The van der Waals surface area contributed by atoms with Crippen LogP contribution in [-0.2, 0) is 23.9 Å². The van der Waals surface area contributed by atoms with Gasteiger partial charge in [0, 0.05) is 43.3 Å². The van der Waals surface area contributed by atoms with Crippen LogP contribution in [0.15, 0.2) is 18.2 Å². The van der Waals surface area contributed by atoms with Crippen LogP contribution in [0.1, 0.15) is 23.7 Å². The lowest BCUT2D eigenvalue weighted by atomic mass is 9.99. The summed E-state index contributed by atoms with van der Waals surface area (Å²) in [6.45, 7) is 2.24. The van der Waals surface area contributed by atoms with Crippen molar-refractivity contribution < 1.29 is 22.4 Å². The van der Waals surface area contributed by atoms with Gasteiger partial charge < -0.3 is 4.90 Å². The minimum Gasteiger partial charge on any atom is -0.338 e. The minimum absolute atomic E-state index is 0.113. The Morgan fingerprint density at radius 1 is 1.35 bits per heavy atom. The summed E-state index contributed by atoms with van der Waals surface area (Å²) in [7, 11) is 0. The number of carbonyl (C=O) groups is 1. The Bertz CT molecular complexity index is 767. The highest BCUT2D eigenvalue weighted by Crippen LogP contribution is 2.35. The Labute approximate surface area is 129 Å². The number of benzene rings is 1. The summed E-state index contributed by atoms with van der Waals surface area (Å²) in [4.78, 5) is 13.1. The molecule has 0 spiro atoms. The second kappa shape index (κ2) is 5.36. The van der Waals surface area contributed by atoms with E-state index in [4.69, 9.17) is 0 Å². The molecule has 1 aliphatic heterocycles. The Morgan fingerprint density at radius 3 is 2.74 bits per heavy atom. The second-order valence-corrected chi connectivity index (χ2v) is 5.41. The molecule has 1 N–H and O–H groups in total. The third-order valence-corrected chi connectivity index (χ3v) is 3.92. The lowest BCUT2D eigenvalue weighted by Gasteiger charge is -2.26. The van der Waals surface area contributed by atoms with Gasteiger partial charge in [-0.2, -0.15) is 18.3 Å². The summed E-state index contributed by atoms with van der Waals surface area (Å²) in [5.74, 6) is -1.44. The fourth-order valence-corrected chi connectivity index (χ4v) is 2.69. The van der Waals surface area contributed by atoms with E-state index in [1.54, 1.807) is 4.90 Å². The highest BCUT2D eigenvalue weighted by atomic mass is 19.4. The Kier molecular flexibility index (Phi) is 3.62. The van der Waals surface area contributed by atoms with Crippen LogP contribution in [0.3, 0.4) is 0 Å². The van der Waals surface area contributed by atoms with E-state index in [0.717, 1.165) is 17.8 Å². The first kappa shape index (κ1) is 15.5. The van der Waals surface area contributed by atoms with Gasteiger partial charge in [0.25, 0.3) is 0 Å². The van der Waals surface area contributed by atoms with Crippen molar-refractivity contribution >= 4 is 5.91 Å². The van der Waals surface area contributed by atoms with Crippen molar-refractivity contribution in [3.8, 4) is 11.3 Å². The van der Waals surface area contributed by atoms with E-state index >= 15 is 0 Å². The molecule has 1 amide bonds. The number of rotatable bonds is 1. The summed E-state index contributed by atoms with van der Waals surface area (Å²) in [5.41, 5.74) is 0.616. The number of hydrogen-bond donors (Lipinski definition) is 1. The van der Waals surface area contributed by atoms with Crippen LogP contribution in [0, 0.1) is 5.82 Å². The van der Waals surface area contributed by atoms with E-state index in [2.05, 4.69) is 10.2 Å². The zero-order valence-corrected chi connectivity index (χ0v) is 12.2. The molecular formula is C15H13F4N3O. The summed E-state index contributed by atoms with van der Waals surface area (Å²) >= 11 is 0. The maximum absolute atomic E-state index is 13.4. The summed E-state index contributed by atoms with van der Waals surface area (Å²) < 4.78 is 52.0. The molecule has 2 aromatic rings. The lowest BCUT2D eigenvalue weighted by molar-refractivity contribution is -0.140. The largest absolute Gasteiger partial charge is 0.419 e. The molecule has 2 heterocycles. The van der Waals surface area contributed by atoms with Gasteiger partial charge in [0.05, 0.1) is 11.3 Å². The van der Waals surface area contributed by atoms with Crippen molar-refractivity contribution in [2.45, 2.75) is 26.1 Å². The quantitative estimate of drug-likeness (QED) is 0.818. The first-order chi connectivity index (χ1) is 10.8. The maximum Gasteiger partial charge on any atom is 0.419 e. The van der Waals surface area contributed by atoms with Gasteiger partial charge in [-0.3, -0.25) is 9.89 Å². The SMILES string of the molecule is CC(=O)N1CCc2[nH]nc(-c3ccc(F)c(C(F)(F)F)c3)c2C1. The molecule has 0 bridgehead atoms. The van der Waals surface area contributed by atoms with Crippen molar-refractivity contribution in [2.75, 3.05) is 6.54 Å². The average molecular weight is 327 g/mol. The van der Waals surface area contributed by atoms with E-state index in [1.807, 2.05) is 0 Å². The van der Waals surface area contributed by atoms with Crippen LogP contribution in [0.5, 0.6) is 0 Å². The molecule has 1 aliphatic rings. The van der Waals surface area contributed by atoms with Gasteiger partial charge in [0.15, 0.2) is 0 Å². The molecule has 0 saturated heterocycles. The number of amides is 1. The van der Waals surface area contributed by atoms with Crippen LogP contribution >= 0.6 is 0 Å². The number of nitrogens with one attached hydrogen (secondary N) is 1. The number of carbonyl (C=O) groups excluding carboxylic acids is 1. The lowest BCUT2D eigenvalue weighted by Crippen LogP contribution is -2.34. The Morgan fingerprint density at radius 2 is 2.09 bits per heavy atom. The molecule has 23 heavy (non-hydrogen) atoms. The highest BCUT2D eigenvalue weighted by molar-refractivity contribution is 5.74. The average Bonchev–Trinajstić information content (AvgIpc) is 2.89. The van der Waals surface area contributed by atoms with Crippen molar-refractivity contribution in [3.63, 3.8) is 0 Å². The van der Waals surface area contributed by atoms with Gasteiger partial charge in [-0.15, -0.1) is 0 Å². The molecule has 1 aromatic carbocycles. The maximum atomic E-state index is 13.4. The van der Waals surface area contributed by atoms with Gasteiger partial charge in [-0.25, -0.2) is 4.39 Å². The summed E-state index contributed by atoms with van der Waals surface area (Å²) in [6, 6.07) is 2.79. The van der Waals surface area contributed by atoms with Crippen molar-refractivity contribution in [3.05, 3.63) is 40.8 Å².